The standard InChI is InChI=1S/C21H23NSi/c1-16-8-13-21(22-15-16)18-11-9-17(10-12-18)19-6-5-7-20(14-19)23(2,3)4/h5-15H,1-4H3. The highest BCUT2D eigenvalue weighted by atomic mass is 28.3. The molecule has 1 nitrogen and oxygen atoms in total. The molecule has 2 heteroatoms. The monoisotopic (exact) mass is 317 g/mol. The second-order valence-corrected chi connectivity index (χ2v) is 12.2. The SMILES string of the molecule is Cc1ccc(-c2ccc(-c3cccc([Si](C)(C)C)c3)cc2)nc1. The molecule has 0 spiro atoms. The maximum atomic E-state index is 4.50. The fourth-order valence-corrected chi connectivity index (χ4v) is 3.82. The molecule has 0 unspecified atom stereocenters. The second kappa shape index (κ2) is 6.13. The zero-order valence-electron chi connectivity index (χ0n) is 14.3. The van der Waals surface area contributed by atoms with Gasteiger partial charge in [-0.1, -0.05) is 79.4 Å². The Bertz CT molecular complexity index is 796. The number of nitrogens with zero attached hydrogens (tertiary/aromatic N) is 1. The van der Waals surface area contributed by atoms with E-state index in [0.29, 0.717) is 0 Å². The molecule has 0 fully saturated rings. The Morgan fingerprint density at radius 3 is 2.04 bits per heavy atom. The predicted molar refractivity (Wildman–Crippen MR) is 103 cm³/mol. The van der Waals surface area contributed by atoms with Crippen molar-refractivity contribution in [3.8, 4) is 22.4 Å². The van der Waals surface area contributed by atoms with Crippen LogP contribution in [0.1, 0.15) is 5.56 Å². The van der Waals surface area contributed by atoms with E-state index in [4.69, 9.17) is 0 Å². The van der Waals surface area contributed by atoms with Crippen molar-refractivity contribution in [2.75, 3.05) is 0 Å². The van der Waals surface area contributed by atoms with Crippen LogP contribution < -0.4 is 5.19 Å². The van der Waals surface area contributed by atoms with Crippen LogP contribution >= 0.6 is 0 Å². The second-order valence-electron chi connectivity index (χ2n) is 7.13. The van der Waals surface area contributed by atoms with Gasteiger partial charge in [-0.15, -0.1) is 0 Å². The van der Waals surface area contributed by atoms with Crippen molar-refractivity contribution in [2.24, 2.45) is 0 Å². The molecule has 0 aliphatic carbocycles. The van der Waals surface area contributed by atoms with E-state index in [0.717, 1.165) is 11.3 Å². The molecule has 0 aliphatic rings. The summed E-state index contributed by atoms with van der Waals surface area (Å²) in [5, 5.41) is 1.50. The molecule has 3 aromatic rings. The van der Waals surface area contributed by atoms with E-state index in [9.17, 15) is 0 Å². The summed E-state index contributed by atoms with van der Waals surface area (Å²) < 4.78 is 0. The fraction of sp³-hybridized carbons (Fsp3) is 0.190. The molecule has 0 saturated heterocycles. The molecular formula is C21H23NSi. The third-order valence-corrected chi connectivity index (χ3v) is 6.20. The summed E-state index contributed by atoms with van der Waals surface area (Å²) >= 11 is 0. The van der Waals surface area contributed by atoms with Gasteiger partial charge in [0.15, 0.2) is 0 Å². The zero-order valence-corrected chi connectivity index (χ0v) is 15.3. The molecule has 0 bridgehead atoms. The molecule has 3 rings (SSSR count). The van der Waals surface area contributed by atoms with Crippen molar-refractivity contribution in [2.45, 2.75) is 26.6 Å². The van der Waals surface area contributed by atoms with Gasteiger partial charge < -0.3 is 0 Å². The maximum absolute atomic E-state index is 4.50. The van der Waals surface area contributed by atoms with Crippen molar-refractivity contribution in [3.05, 3.63) is 72.4 Å². The lowest BCUT2D eigenvalue weighted by atomic mass is 10.0. The lowest BCUT2D eigenvalue weighted by Crippen LogP contribution is -2.37. The number of hydrogen-bond donors (Lipinski definition) is 0. The minimum atomic E-state index is -1.28. The van der Waals surface area contributed by atoms with Crippen molar-refractivity contribution < 1.29 is 0 Å². The maximum Gasteiger partial charge on any atom is 0.0776 e. The van der Waals surface area contributed by atoms with Gasteiger partial charge in [-0.3, -0.25) is 4.98 Å². The molecule has 0 radical (unpaired) electrons. The van der Waals surface area contributed by atoms with E-state index < -0.39 is 8.07 Å². The Balaban J connectivity index is 1.92. The average Bonchev–Trinajstić information content (AvgIpc) is 2.55. The molecule has 1 heterocycles. The van der Waals surface area contributed by atoms with Crippen molar-refractivity contribution in [3.63, 3.8) is 0 Å². The highest BCUT2D eigenvalue weighted by Crippen LogP contribution is 2.24. The highest BCUT2D eigenvalue weighted by molar-refractivity contribution is 6.88. The summed E-state index contributed by atoms with van der Waals surface area (Å²) in [7, 11) is -1.28. The van der Waals surface area contributed by atoms with Crippen molar-refractivity contribution >= 4 is 13.3 Å². The minimum Gasteiger partial charge on any atom is -0.256 e. The van der Waals surface area contributed by atoms with Crippen LogP contribution in [0, 0.1) is 6.92 Å². The average molecular weight is 318 g/mol. The number of benzene rings is 2. The Kier molecular flexibility index (Phi) is 4.18. The molecule has 116 valence electrons. The summed E-state index contributed by atoms with van der Waals surface area (Å²) in [6.07, 6.45) is 1.92. The number of aryl methyl sites for hydroxylation is 1. The molecule has 2 aromatic carbocycles. The van der Waals surface area contributed by atoms with Gasteiger partial charge in [0.1, 0.15) is 0 Å². The largest absolute Gasteiger partial charge is 0.256 e. The Morgan fingerprint density at radius 2 is 1.43 bits per heavy atom. The van der Waals surface area contributed by atoms with E-state index in [1.54, 1.807) is 0 Å². The first kappa shape index (κ1) is 15.7. The number of rotatable bonds is 3. The van der Waals surface area contributed by atoms with Gasteiger partial charge in [0.2, 0.25) is 0 Å². The van der Waals surface area contributed by atoms with Gasteiger partial charge >= 0.3 is 0 Å². The van der Waals surface area contributed by atoms with Crippen LogP contribution in [0.15, 0.2) is 66.9 Å². The van der Waals surface area contributed by atoms with Crippen molar-refractivity contribution in [1.29, 1.82) is 0 Å². The quantitative estimate of drug-likeness (QED) is 0.600. The molecular weight excluding hydrogens is 294 g/mol. The fourth-order valence-electron chi connectivity index (χ4n) is 2.64. The van der Waals surface area contributed by atoms with Gasteiger partial charge in [0.05, 0.1) is 13.8 Å². The molecule has 0 atom stereocenters. The minimum absolute atomic E-state index is 1.03. The van der Waals surface area contributed by atoms with Crippen LogP contribution in [0.2, 0.25) is 19.6 Å². The van der Waals surface area contributed by atoms with Gasteiger partial charge in [-0.25, -0.2) is 0 Å². The van der Waals surface area contributed by atoms with Crippen molar-refractivity contribution in [1.82, 2.24) is 4.98 Å². The first-order chi connectivity index (χ1) is 10.9. The van der Waals surface area contributed by atoms with Crippen LogP contribution in [0.4, 0.5) is 0 Å². The third kappa shape index (κ3) is 3.59. The summed E-state index contributed by atoms with van der Waals surface area (Å²) in [5.41, 5.74) is 5.94. The first-order valence-corrected chi connectivity index (χ1v) is 11.6. The lowest BCUT2D eigenvalue weighted by Gasteiger charge is -2.17. The molecule has 23 heavy (non-hydrogen) atoms. The Hall–Kier alpha value is -2.19. The summed E-state index contributed by atoms with van der Waals surface area (Å²) in [6.45, 7) is 9.22. The highest BCUT2D eigenvalue weighted by Gasteiger charge is 2.16. The van der Waals surface area contributed by atoms with Crippen LogP contribution in [0.25, 0.3) is 22.4 Å². The van der Waals surface area contributed by atoms with Crippen LogP contribution in [-0.2, 0) is 0 Å². The number of hydrogen-bond acceptors (Lipinski definition) is 1. The summed E-state index contributed by atoms with van der Waals surface area (Å²) in [5.74, 6) is 0. The number of pyridine rings is 1. The van der Waals surface area contributed by atoms with Gasteiger partial charge in [-0.2, -0.15) is 0 Å². The number of aromatic nitrogens is 1. The normalized spacial score (nSPS) is 11.5. The molecule has 0 N–H and O–H groups in total. The van der Waals surface area contributed by atoms with E-state index >= 15 is 0 Å². The topological polar surface area (TPSA) is 12.9 Å². The van der Waals surface area contributed by atoms with Crippen LogP contribution in [0.5, 0.6) is 0 Å². The lowest BCUT2D eigenvalue weighted by molar-refractivity contribution is 1.27. The van der Waals surface area contributed by atoms with Crippen LogP contribution in [-0.4, -0.2) is 13.1 Å². The smallest absolute Gasteiger partial charge is 0.0776 e. The molecule has 1 aromatic heterocycles. The first-order valence-electron chi connectivity index (χ1n) is 8.07. The Labute approximate surface area is 140 Å². The van der Waals surface area contributed by atoms with Crippen LogP contribution in [0.3, 0.4) is 0 Å². The zero-order chi connectivity index (χ0) is 16.4. The molecule has 0 saturated carbocycles. The Morgan fingerprint density at radius 1 is 0.739 bits per heavy atom. The van der Waals surface area contributed by atoms with E-state index in [2.05, 4.69) is 92.2 Å². The molecule has 0 aliphatic heterocycles. The summed E-state index contributed by atoms with van der Waals surface area (Å²) in [4.78, 5) is 4.50. The van der Waals surface area contributed by atoms with E-state index in [-0.39, 0.29) is 0 Å². The van der Waals surface area contributed by atoms with E-state index in [1.807, 2.05) is 6.20 Å². The van der Waals surface area contributed by atoms with Gasteiger partial charge in [0.25, 0.3) is 0 Å². The predicted octanol–water partition coefficient (Wildman–Crippen LogP) is 5.27. The third-order valence-electron chi connectivity index (χ3n) is 4.15. The van der Waals surface area contributed by atoms with E-state index in [1.165, 1.54) is 21.9 Å². The van der Waals surface area contributed by atoms with Gasteiger partial charge in [0, 0.05) is 11.8 Å². The van der Waals surface area contributed by atoms with Gasteiger partial charge in [-0.05, 0) is 29.7 Å². The molecule has 0 amide bonds. The summed E-state index contributed by atoms with van der Waals surface area (Å²) in [6, 6.07) is 21.9.